The Balaban J connectivity index is 1.70. The van der Waals surface area contributed by atoms with E-state index in [4.69, 9.17) is 0 Å². The van der Waals surface area contributed by atoms with Crippen molar-refractivity contribution in [3.8, 4) is 0 Å². The fourth-order valence-electron chi connectivity index (χ4n) is 2.71. The van der Waals surface area contributed by atoms with Crippen LogP contribution in [-0.4, -0.2) is 46.1 Å². The van der Waals surface area contributed by atoms with Crippen molar-refractivity contribution in [2.75, 3.05) is 36.0 Å². The van der Waals surface area contributed by atoms with Gasteiger partial charge in [-0.25, -0.2) is 19.9 Å². The first kappa shape index (κ1) is 15.6. The van der Waals surface area contributed by atoms with Gasteiger partial charge in [-0.05, 0) is 13.0 Å². The zero-order valence-corrected chi connectivity index (χ0v) is 14.3. The van der Waals surface area contributed by atoms with Gasteiger partial charge in [-0.3, -0.25) is 0 Å². The van der Waals surface area contributed by atoms with Gasteiger partial charge in [-0.15, -0.1) is 0 Å². The molecule has 0 spiro atoms. The van der Waals surface area contributed by atoms with E-state index in [1.165, 1.54) is 0 Å². The number of anilines is 2. The molecule has 2 aromatic rings. The fraction of sp³-hybridized carbons (Fsp3) is 0.529. The van der Waals surface area contributed by atoms with Crippen LogP contribution in [0, 0.1) is 6.92 Å². The zero-order chi connectivity index (χ0) is 16.4. The SMILES string of the molecule is Cc1nccc(N2CCN(c3cc(C(C)(C)C)ncn3)CC2)n1. The molecule has 0 unspecified atom stereocenters. The van der Waals surface area contributed by atoms with Gasteiger partial charge in [0.05, 0.1) is 5.69 Å². The average Bonchev–Trinajstić information content (AvgIpc) is 2.54. The van der Waals surface area contributed by atoms with Crippen molar-refractivity contribution in [2.24, 2.45) is 0 Å². The van der Waals surface area contributed by atoms with Crippen LogP contribution in [0.25, 0.3) is 0 Å². The summed E-state index contributed by atoms with van der Waals surface area (Å²) in [6, 6.07) is 4.09. The molecule has 0 N–H and O–H groups in total. The van der Waals surface area contributed by atoms with E-state index in [9.17, 15) is 0 Å². The Morgan fingerprint density at radius 2 is 1.57 bits per heavy atom. The summed E-state index contributed by atoms with van der Waals surface area (Å²) >= 11 is 0. The molecular weight excluding hydrogens is 288 g/mol. The van der Waals surface area contributed by atoms with Gasteiger partial charge in [0, 0.05) is 43.9 Å². The minimum absolute atomic E-state index is 0.0397. The maximum absolute atomic E-state index is 4.51. The van der Waals surface area contributed by atoms with Crippen LogP contribution >= 0.6 is 0 Å². The lowest BCUT2D eigenvalue weighted by molar-refractivity contribution is 0.564. The summed E-state index contributed by atoms with van der Waals surface area (Å²) in [5.74, 6) is 2.84. The Morgan fingerprint density at radius 1 is 0.913 bits per heavy atom. The molecule has 0 bridgehead atoms. The Kier molecular flexibility index (Phi) is 4.15. The molecule has 0 saturated carbocycles. The topological polar surface area (TPSA) is 58.0 Å². The van der Waals surface area contributed by atoms with E-state index in [0.29, 0.717) is 0 Å². The summed E-state index contributed by atoms with van der Waals surface area (Å²) in [5, 5.41) is 0. The minimum Gasteiger partial charge on any atom is -0.353 e. The quantitative estimate of drug-likeness (QED) is 0.847. The molecule has 6 heteroatoms. The van der Waals surface area contributed by atoms with Gasteiger partial charge in [-0.2, -0.15) is 0 Å². The highest BCUT2D eigenvalue weighted by molar-refractivity contribution is 5.45. The smallest absolute Gasteiger partial charge is 0.132 e. The highest BCUT2D eigenvalue weighted by atomic mass is 15.3. The molecule has 0 aromatic carbocycles. The standard InChI is InChI=1S/C17H24N6/c1-13-18-6-5-15(21-13)22-7-9-23(10-8-22)16-11-14(17(2,3)4)19-12-20-16/h5-6,11-12H,7-10H2,1-4H3. The molecule has 1 aliphatic heterocycles. The number of aromatic nitrogens is 4. The fourth-order valence-corrected chi connectivity index (χ4v) is 2.71. The largest absolute Gasteiger partial charge is 0.353 e. The molecule has 0 aliphatic carbocycles. The molecule has 122 valence electrons. The van der Waals surface area contributed by atoms with Crippen LogP contribution in [0.4, 0.5) is 11.6 Å². The van der Waals surface area contributed by atoms with E-state index in [0.717, 1.165) is 49.3 Å². The number of rotatable bonds is 2. The monoisotopic (exact) mass is 312 g/mol. The third-order valence-corrected chi connectivity index (χ3v) is 4.11. The second-order valence-electron chi connectivity index (χ2n) is 6.95. The van der Waals surface area contributed by atoms with Crippen molar-refractivity contribution in [1.29, 1.82) is 0 Å². The van der Waals surface area contributed by atoms with E-state index in [1.807, 2.05) is 19.2 Å². The first-order valence-corrected chi connectivity index (χ1v) is 8.05. The number of hydrogen-bond donors (Lipinski definition) is 0. The second kappa shape index (κ2) is 6.10. The summed E-state index contributed by atoms with van der Waals surface area (Å²) in [7, 11) is 0. The highest BCUT2D eigenvalue weighted by Crippen LogP contribution is 2.24. The third-order valence-electron chi connectivity index (χ3n) is 4.11. The van der Waals surface area contributed by atoms with Crippen molar-refractivity contribution >= 4 is 11.6 Å². The Bertz CT molecular complexity index is 671. The van der Waals surface area contributed by atoms with Crippen molar-refractivity contribution in [2.45, 2.75) is 33.1 Å². The maximum atomic E-state index is 4.51. The number of nitrogens with zero attached hydrogens (tertiary/aromatic N) is 6. The van der Waals surface area contributed by atoms with Gasteiger partial charge in [0.1, 0.15) is 23.8 Å². The van der Waals surface area contributed by atoms with Gasteiger partial charge in [0.15, 0.2) is 0 Å². The summed E-state index contributed by atoms with van der Waals surface area (Å²) in [6.45, 7) is 12.2. The molecule has 0 amide bonds. The van der Waals surface area contributed by atoms with E-state index in [1.54, 1.807) is 6.33 Å². The molecule has 6 nitrogen and oxygen atoms in total. The highest BCUT2D eigenvalue weighted by Gasteiger charge is 2.22. The summed E-state index contributed by atoms with van der Waals surface area (Å²) in [4.78, 5) is 22.2. The molecule has 1 aliphatic rings. The zero-order valence-electron chi connectivity index (χ0n) is 14.3. The first-order chi connectivity index (χ1) is 10.9. The molecule has 0 atom stereocenters. The van der Waals surface area contributed by atoms with Crippen molar-refractivity contribution in [3.63, 3.8) is 0 Å². The van der Waals surface area contributed by atoms with E-state index >= 15 is 0 Å². The van der Waals surface area contributed by atoms with Crippen LogP contribution in [0.15, 0.2) is 24.7 Å². The normalized spacial score (nSPS) is 15.8. The van der Waals surface area contributed by atoms with Gasteiger partial charge < -0.3 is 9.80 Å². The van der Waals surface area contributed by atoms with Crippen LogP contribution in [0.2, 0.25) is 0 Å². The van der Waals surface area contributed by atoms with Crippen molar-refractivity contribution < 1.29 is 0 Å². The summed E-state index contributed by atoms with van der Waals surface area (Å²) in [6.07, 6.45) is 3.50. The Morgan fingerprint density at radius 3 is 2.17 bits per heavy atom. The Hall–Kier alpha value is -2.24. The maximum Gasteiger partial charge on any atom is 0.132 e. The van der Waals surface area contributed by atoms with E-state index in [2.05, 4.69) is 56.6 Å². The molecule has 3 heterocycles. The average molecular weight is 312 g/mol. The van der Waals surface area contributed by atoms with Gasteiger partial charge in [0.2, 0.25) is 0 Å². The van der Waals surface area contributed by atoms with Crippen molar-refractivity contribution in [1.82, 2.24) is 19.9 Å². The number of hydrogen-bond acceptors (Lipinski definition) is 6. The van der Waals surface area contributed by atoms with Crippen molar-refractivity contribution in [3.05, 3.63) is 36.2 Å². The molecular formula is C17H24N6. The van der Waals surface area contributed by atoms with E-state index < -0.39 is 0 Å². The summed E-state index contributed by atoms with van der Waals surface area (Å²) in [5.41, 5.74) is 1.12. The predicted octanol–water partition coefficient (Wildman–Crippen LogP) is 2.20. The molecule has 1 saturated heterocycles. The van der Waals surface area contributed by atoms with Gasteiger partial charge in [-0.1, -0.05) is 20.8 Å². The molecule has 23 heavy (non-hydrogen) atoms. The van der Waals surface area contributed by atoms with Gasteiger partial charge in [0.25, 0.3) is 0 Å². The molecule has 2 aromatic heterocycles. The van der Waals surface area contributed by atoms with Crippen LogP contribution in [0.3, 0.4) is 0 Å². The van der Waals surface area contributed by atoms with Crippen LogP contribution < -0.4 is 9.80 Å². The minimum atomic E-state index is 0.0397. The second-order valence-corrected chi connectivity index (χ2v) is 6.95. The third kappa shape index (κ3) is 3.57. The predicted molar refractivity (Wildman–Crippen MR) is 91.9 cm³/mol. The van der Waals surface area contributed by atoms with Crippen LogP contribution in [0.5, 0.6) is 0 Å². The lowest BCUT2D eigenvalue weighted by atomic mass is 9.92. The van der Waals surface area contributed by atoms with E-state index in [-0.39, 0.29) is 5.41 Å². The first-order valence-electron chi connectivity index (χ1n) is 8.05. The number of piperazine rings is 1. The lowest BCUT2D eigenvalue weighted by Gasteiger charge is -2.36. The molecule has 1 fully saturated rings. The Labute approximate surface area is 137 Å². The molecule has 0 radical (unpaired) electrons. The number of aryl methyl sites for hydroxylation is 1. The summed E-state index contributed by atoms with van der Waals surface area (Å²) < 4.78 is 0. The van der Waals surface area contributed by atoms with Crippen LogP contribution in [-0.2, 0) is 5.41 Å². The van der Waals surface area contributed by atoms with Gasteiger partial charge >= 0.3 is 0 Å². The molecule has 3 rings (SSSR count). The lowest BCUT2D eigenvalue weighted by Crippen LogP contribution is -2.47. The van der Waals surface area contributed by atoms with Crippen LogP contribution in [0.1, 0.15) is 32.3 Å².